The Labute approximate surface area is 162 Å². The maximum Gasteiger partial charge on any atom is 0.251 e. The average Bonchev–Trinajstić information content (AvgIpc) is 2.67. The Morgan fingerprint density at radius 1 is 1.00 bits per heavy atom. The zero-order chi connectivity index (χ0) is 20.7. The fourth-order valence-corrected chi connectivity index (χ4v) is 2.80. The Morgan fingerprint density at radius 3 is 2.07 bits per heavy atom. The summed E-state index contributed by atoms with van der Waals surface area (Å²) in [6, 6.07) is 10.2. The molecule has 2 aromatic carbocycles. The Bertz CT molecular complexity index is 936. The number of rotatable bonds is 8. The van der Waals surface area contributed by atoms with Gasteiger partial charge in [0.15, 0.2) is 0 Å². The summed E-state index contributed by atoms with van der Waals surface area (Å²) < 4.78 is 32.6. The zero-order valence-electron chi connectivity index (χ0n) is 15.4. The third-order valence-corrected chi connectivity index (χ3v) is 4.65. The first kappa shape index (κ1) is 21.2. The molecule has 9 nitrogen and oxygen atoms in total. The lowest BCUT2D eigenvalue weighted by molar-refractivity contribution is -0.116. The molecule has 0 aliphatic heterocycles. The molecular formula is C18H21N3O6S. The van der Waals surface area contributed by atoms with Crippen LogP contribution in [0.1, 0.15) is 16.8 Å². The first-order chi connectivity index (χ1) is 13.2. The van der Waals surface area contributed by atoms with E-state index in [9.17, 15) is 18.0 Å². The molecule has 28 heavy (non-hydrogen) atoms. The Kier molecular flexibility index (Phi) is 6.96. The van der Waals surface area contributed by atoms with E-state index in [1.807, 2.05) is 0 Å². The van der Waals surface area contributed by atoms with Crippen molar-refractivity contribution in [2.75, 3.05) is 26.1 Å². The van der Waals surface area contributed by atoms with Crippen molar-refractivity contribution in [2.45, 2.75) is 11.3 Å². The number of nitrogens with one attached hydrogen (secondary N) is 2. The molecule has 0 fully saturated rings. The van der Waals surface area contributed by atoms with Crippen LogP contribution in [0.4, 0.5) is 5.69 Å². The largest absolute Gasteiger partial charge is 0.497 e. The van der Waals surface area contributed by atoms with Crippen LogP contribution >= 0.6 is 0 Å². The number of nitrogens with two attached hydrogens (primary N) is 1. The molecular weight excluding hydrogens is 386 g/mol. The summed E-state index contributed by atoms with van der Waals surface area (Å²) in [5.74, 6) is 0.241. The van der Waals surface area contributed by atoms with E-state index in [-0.39, 0.29) is 29.7 Å². The van der Waals surface area contributed by atoms with Crippen LogP contribution in [0.2, 0.25) is 0 Å². The maximum atomic E-state index is 12.2. The number of methoxy groups -OCH3 is 2. The smallest absolute Gasteiger partial charge is 0.251 e. The van der Waals surface area contributed by atoms with Crippen molar-refractivity contribution < 1.29 is 27.5 Å². The van der Waals surface area contributed by atoms with Crippen LogP contribution in [0, 0.1) is 0 Å². The second-order valence-corrected chi connectivity index (χ2v) is 7.29. The maximum absolute atomic E-state index is 12.2. The summed E-state index contributed by atoms with van der Waals surface area (Å²) in [5, 5.41) is 10.3. The van der Waals surface area contributed by atoms with Crippen LogP contribution < -0.4 is 25.2 Å². The summed E-state index contributed by atoms with van der Waals surface area (Å²) in [6.45, 7) is 0.111. The molecule has 2 amide bonds. The van der Waals surface area contributed by atoms with Crippen LogP contribution in [-0.2, 0) is 14.8 Å². The van der Waals surface area contributed by atoms with Crippen molar-refractivity contribution in [3.05, 3.63) is 48.0 Å². The molecule has 150 valence electrons. The van der Waals surface area contributed by atoms with E-state index in [4.69, 9.17) is 14.6 Å². The quantitative estimate of drug-likeness (QED) is 0.599. The van der Waals surface area contributed by atoms with E-state index in [1.54, 1.807) is 18.2 Å². The standard InChI is InChI=1S/C18H21N3O6S/c1-26-14-9-12(10-15(11-14)27-2)18(23)20-8-7-17(22)21-13-3-5-16(6-4-13)28(19,24)25/h3-6,9-11H,7-8H2,1-2H3,(H,20,23)(H,21,22)(H2,19,24,25). The van der Waals surface area contributed by atoms with Gasteiger partial charge in [0.2, 0.25) is 15.9 Å². The third-order valence-electron chi connectivity index (χ3n) is 3.72. The minimum Gasteiger partial charge on any atom is -0.497 e. The Hall–Kier alpha value is -3.11. The van der Waals surface area contributed by atoms with Crippen molar-refractivity contribution in [3.8, 4) is 11.5 Å². The van der Waals surface area contributed by atoms with Crippen molar-refractivity contribution in [1.82, 2.24) is 5.32 Å². The summed E-state index contributed by atoms with van der Waals surface area (Å²) in [7, 11) is -0.822. The van der Waals surface area contributed by atoms with E-state index in [2.05, 4.69) is 10.6 Å². The van der Waals surface area contributed by atoms with Gasteiger partial charge in [-0.1, -0.05) is 0 Å². The van der Waals surface area contributed by atoms with Gasteiger partial charge >= 0.3 is 0 Å². The zero-order valence-corrected chi connectivity index (χ0v) is 16.2. The van der Waals surface area contributed by atoms with Crippen LogP contribution in [0.25, 0.3) is 0 Å². The number of sulfonamides is 1. The highest BCUT2D eigenvalue weighted by Crippen LogP contribution is 2.22. The molecule has 0 saturated carbocycles. The van der Waals surface area contributed by atoms with E-state index in [1.165, 1.54) is 38.5 Å². The first-order valence-corrected chi connectivity index (χ1v) is 9.71. The number of amides is 2. The minimum absolute atomic E-state index is 0.0315. The fraction of sp³-hybridized carbons (Fsp3) is 0.222. The normalized spacial score (nSPS) is 10.8. The second-order valence-electron chi connectivity index (χ2n) is 5.72. The van der Waals surface area contributed by atoms with Gasteiger partial charge in [0, 0.05) is 30.3 Å². The molecule has 0 radical (unpaired) electrons. The molecule has 0 atom stereocenters. The van der Waals surface area contributed by atoms with Crippen molar-refractivity contribution in [1.29, 1.82) is 0 Å². The van der Waals surface area contributed by atoms with Gasteiger partial charge in [0.05, 0.1) is 19.1 Å². The van der Waals surface area contributed by atoms with Gasteiger partial charge in [-0.05, 0) is 36.4 Å². The van der Waals surface area contributed by atoms with E-state index < -0.39 is 10.0 Å². The lowest BCUT2D eigenvalue weighted by atomic mass is 10.2. The number of primary sulfonamides is 1. The molecule has 0 aromatic heterocycles. The molecule has 0 aliphatic rings. The highest BCUT2D eigenvalue weighted by molar-refractivity contribution is 7.89. The van der Waals surface area contributed by atoms with Crippen molar-refractivity contribution in [3.63, 3.8) is 0 Å². The predicted octanol–water partition coefficient (Wildman–Crippen LogP) is 1.11. The lowest BCUT2D eigenvalue weighted by Crippen LogP contribution is -2.27. The number of ether oxygens (including phenoxy) is 2. The number of carbonyl (C=O) groups is 2. The van der Waals surface area contributed by atoms with E-state index in [0.29, 0.717) is 22.7 Å². The van der Waals surface area contributed by atoms with Crippen LogP contribution in [0.3, 0.4) is 0 Å². The van der Waals surface area contributed by atoms with E-state index in [0.717, 1.165) is 0 Å². The average molecular weight is 407 g/mol. The minimum atomic E-state index is -3.79. The van der Waals surface area contributed by atoms with Gasteiger partial charge in [-0.3, -0.25) is 9.59 Å². The highest BCUT2D eigenvalue weighted by Gasteiger charge is 2.11. The number of hydrogen-bond donors (Lipinski definition) is 3. The van der Waals surface area contributed by atoms with Crippen LogP contribution in [-0.4, -0.2) is 41.0 Å². The molecule has 0 saturated heterocycles. The van der Waals surface area contributed by atoms with Gasteiger partial charge in [-0.15, -0.1) is 0 Å². The summed E-state index contributed by atoms with van der Waals surface area (Å²) >= 11 is 0. The highest BCUT2D eigenvalue weighted by atomic mass is 32.2. The van der Waals surface area contributed by atoms with Crippen LogP contribution in [0.15, 0.2) is 47.4 Å². The Balaban J connectivity index is 1.87. The van der Waals surface area contributed by atoms with E-state index >= 15 is 0 Å². The monoisotopic (exact) mass is 407 g/mol. The number of hydrogen-bond acceptors (Lipinski definition) is 6. The fourth-order valence-electron chi connectivity index (χ4n) is 2.28. The number of benzene rings is 2. The van der Waals surface area contributed by atoms with Gasteiger partial charge in [-0.2, -0.15) is 0 Å². The third kappa shape index (κ3) is 5.96. The number of anilines is 1. The molecule has 0 unspecified atom stereocenters. The van der Waals surface area contributed by atoms with Gasteiger partial charge in [0.25, 0.3) is 5.91 Å². The molecule has 0 heterocycles. The number of carbonyl (C=O) groups excluding carboxylic acids is 2. The van der Waals surface area contributed by atoms with Gasteiger partial charge in [-0.25, -0.2) is 13.6 Å². The second kappa shape index (κ2) is 9.20. The van der Waals surface area contributed by atoms with Crippen molar-refractivity contribution in [2.24, 2.45) is 5.14 Å². The summed E-state index contributed by atoms with van der Waals surface area (Å²) in [4.78, 5) is 24.1. The molecule has 2 rings (SSSR count). The molecule has 0 bridgehead atoms. The molecule has 10 heteroatoms. The SMILES string of the molecule is COc1cc(OC)cc(C(=O)NCCC(=O)Nc2ccc(S(N)(=O)=O)cc2)c1. The molecule has 2 aromatic rings. The predicted molar refractivity (Wildman–Crippen MR) is 103 cm³/mol. The molecule has 0 aliphatic carbocycles. The summed E-state index contributed by atoms with van der Waals surface area (Å²) in [6.07, 6.45) is 0.0315. The lowest BCUT2D eigenvalue weighted by Gasteiger charge is -2.10. The summed E-state index contributed by atoms with van der Waals surface area (Å²) in [5.41, 5.74) is 0.761. The van der Waals surface area contributed by atoms with Crippen LogP contribution in [0.5, 0.6) is 11.5 Å². The topological polar surface area (TPSA) is 137 Å². The molecule has 0 spiro atoms. The van der Waals surface area contributed by atoms with Gasteiger partial charge in [0.1, 0.15) is 11.5 Å². The Morgan fingerprint density at radius 2 is 1.57 bits per heavy atom. The van der Waals surface area contributed by atoms with Crippen molar-refractivity contribution >= 4 is 27.5 Å². The van der Waals surface area contributed by atoms with Gasteiger partial charge < -0.3 is 20.1 Å². The molecule has 4 N–H and O–H groups in total. The first-order valence-electron chi connectivity index (χ1n) is 8.17.